The van der Waals surface area contributed by atoms with Crippen LogP contribution in [0.25, 0.3) is 0 Å². The molecular formula is C21H24N6O4S2. The van der Waals surface area contributed by atoms with Gasteiger partial charge in [-0.25, -0.2) is 4.79 Å². The Balaban J connectivity index is 1.44. The molecule has 0 saturated carbocycles. The molecule has 10 nitrogen and oxygen atoms in total. The maximum Gasteiger partial charge on any atom is 0.352 e. The van der Waals surface area contributed by atoms with E-state index in [9.17, 15) is 19.5 Å². The van der Waals surface area contributed by atoms with Crippen LogP contribution in [0.5, 0.6) is 0 Å². The molecule has 2 aliphatic heterocycles. The molecule has 33 heavy (non-hydrogen) atoms. The number of thioether (sulfide) groups is 2. The average Bonchev–Trinajstić information content (AvgIpc) is 3.26. The molecule has 0 bridgehead atoms. The summed E-state index contributed by atoms with van der Waals surface area (Å²) >= 11 is 2.83. The van der Waals surface area contributed by atoms with E-state index in [1.807, 2.05) is 18.4 Å². The quantitative estimate of drug-likeness (QED) is 0.286. The molecule has 12 heteroatoms. The number of anilines is 1. The number of para-hydroxylation sites is 1. The van der Waals surface area contributed by atoms with E-state index < -0.39 is 23.3 Å². The van der Waals surface area contributed by atoms with Gasteiger partial charge in [0.05, 0.1) is 6.42 Å². The Hall–Kier alpha value is -2.99. The first-order valence-corrected chi connectivity index (χ1v) is 12.4. The number of carboxylic acids is 1. The number of hydrogen-bond donors (Lipinski definition) is 3. The zero-order valence-corrected chi connectivity index (χ0v) is 19.7. The molecule has 4 N–H and O–H groups in total. The molecule has 2 aromatic rings. The maximum atomic E-state index is 12.8. The molecule has 1 fully saturated rings. The molecule has 3 heterocycles. The van der Waals surface area contributed by atoms with Crippen LogP contribution in [0.2, 0.25) is 0 Å². The summed E-state index contributed by atoms with van der Waals surface area (Å²) in [6, 6.07) is 6.45. The van der Waals surface area contributed by atoms with Gasteiger partial charge >= 0.3 is 5.97 Å². The molecule has 1 unspecified atom stereocenters. The van der Waals surface area contributed by atoms with Crippen LogP contribution in [-0.2, 0) is 20.8 Å². The zero-order chi connectivity index (χ0) is 23.7. The number of fused-ring (bicyclic) bond motifs is 1. The predicted molar refractivity (Wildman–Crippen MR) is 125 cm³/mol. The van der Waals surface area contributed by atoms with Crippen LogP contribution in [0.15, 0.2) is 47.0 Å². The smallest absolute Gasteiger partial charge is 0.352 e. The van der Waals surface area contributed by atoms with Gasteiger partial charge in [0.15, 0.2) is 5.16 Å². The highest BCUT2D eigenvalue weighted by atomic mass is 32.2. The second-order valence-corrected chi connectivity index (χ2v) is 10.0. The highest BCUT2D eigenvalue weighted by molar-refractivity contribution is 8.01. The van der Waals surface area contributed by atoms with Crippen LogP contribution in [0.3, 0.4) is 0 Å². The predicted octanol–water partition coefficient (Wildman–Crippen LogP) is 1.51. The Morgan fingerprint density at radius 1 is 1.36 bits per heavy atom. The average molecular weight is 489 g/mol. The third-order valence-electron chi connectivity index (χ3n) is 5.44. The summed E-state index contributed by atoms with van der Waals surface area (Å²) in [5.41, 5.74) is 7.71. The first kappa shape index (κ1) is 23.2. The van der Waals surface area contributed by atoms with E-state index in [0.717, 1.165) is 0 Å². The molecule has 0 spiro atoms. The van der Waals surface area contributed by atoms with Gasteiger partial charge in [0, 0.05) is 23.2 Å². The minimum atomic E-state index is -1.16. The molecule has 0 radical (unpaired) electrons. The van der Waals surface area contributed by atoms with Crippen molar-refractivity contribution in [1.82, 2.24) is 25.0 Å². The van der Waals surface area contributed by atoms with E-state index in [2.05, 4.69) is 15.5 Å². The lowest BCUT2D eigenvalue weighted by atomic mass is 10.0. The van der Waals surface area contributed by atoms with Crippen molar-refractivity contribution in [1.29, 1.82) is 0 Å². The summed E-state index contributed by atoms with van der Waals surface area (Å²) in [6.07, 6.45) is 1.69. The second-order valence-electron chi connectivity index (χ2n) is 7.99. The molecule has 1 saturated heterocycles. The molecule has 174 valence electrons. The van der Waals surface area contributed by atoms with Crippen molar-refractivity contribution in [2.45, 2.75) is 42.9 Å². The maximum absolute atomic E-state index is 12.8. The summed E-state index contributed by atoms with van der Waals surface area (Å²) in [5, 5.41) is 20.8. The molecule has 1 aromatic carbocycles. The lowest BCUT2D eigenvalue weighted by molar-refractivity contribution is -0.150. The van der Waals surface area contributed by atoms with Crippen molar-refractivity contribution in [3.8, 4) is 0 Å². The van der Waals surface area contributed by atoms with E-state index in [-0.39, 0.29) is 24.1 Å². The summed E-state index contributed by atoms with van der Waals surface area (Å²) in [6.45, 7) is 4.02. The number of aromatic nitrogens is 3. The first-order valence-electron chi connectivity index (χ1n) is 10.3. The Kier molecular flexibility index (Phi) is 6.66. The Morgan fingerprint density at radius 3 is 2.82 bits per heavy atom. The fraction of sp³-hybridized carbons (Fsp3) is 0.381. The molecule has 1 aromatic heterocycles. The van der Waals surface area contributed by atoms with Gasteiger partial charge < -0.3 is 20.7 Å². The molecule has 2 aliphatic rings. The number of carboxylic acid groups (broad SMARTS) is 1. The van der Waals surface area contributed by atoms with Crippen LogP contribution in [0, 0.1) is 0 Å². The monoisotopic (exact) mass is 488 g/mol. The van der Waals surface area contributed by atoms with Gasteiger partial charge in [-0.05, 0) is 31.1 Å². The van der Waals surface area contributed by atoms with Crippen molar-refractivity contribution in [3.05, 3.63) is 47.4 Å². The van der Waals surface area contributed by atoms with Gasteiger partial charge in [-0.15, -0.1) is 22.0 Å². The number of hydrogen-bond acceptors (Lipinski definition) is 8. The fourth-order valence-corrected chi connectivity index (χ4v) is 6.26. The van der Waals surface area contributed by atoms with Gasteiger partial charge in [-0.2, -0.15) is 0 Å². The van der Waals surface area contributed by atoms with Gasteiger partial charge in [0.2, 0.25) is 5.91 Å². The van der Waals surface area contributed by atoms with E-state index in [1.54, 1.807) is 30.6 Å². The fourth-order valence-electron chi connectivity index (χ4n) is 3.73. The topological polar surface area (TPSA) is 143 Å². The summed E-state index contributed by atoms with van der Waals surface area (Å²) < 4.78 is 1.91. The normalized spacial score (nSPS) is 20.0. The Bertz CT molecular complexity index is 1130. The van der Waals surface area contributed by atoms with Crippen molar-refractivity contribution >= 4 is 47.0 Å². The molecule has 2 amide bonds. The van der Waals surface area contributed by atoms with Crippen molar-refractivity contribution < 1.29 is 19.5 Å². The number of nitrogens with two attached hydrogens (primary N) is 1. The first-order chi connectivity index (χ1) is 15.8. The van der Waals surface area contributed by atoms with Gasteiger partial charge in [-0.3, -0.25) is 14.5 Å². The summed E-state index contributed by atoms with van der Waals surface area (Å²) in [4.78, 5) is 38.6. The second kappa shape index (κ2) is 9.48. The molecule has 0 aliphatic carbocycles. The van der Waals surface area contributed by atoms with Gasteiger partial charge in [0.25, 0.3) is 5.91 Å². The zero-order valence-electron chi connectivity index (χ0n) is 18.1. The number of β-lactam (4-membered cyclic amide) rings is 1. The number of nitrogen functional groups attached to an aromatic ring is 1. The summed E-state index contributed by atoms with van der Waals surface area (Å²) in [7, 11) is 0. The van der Waals surface area contributed by atoms with Crippen LogP contribution >= 0.6 is 23.5 Å². The van der Waals surface area contributed by atoms with E-state index in [4.69, 9.17) is 5.73 Å². The number of nitrogens with one attached hydrogen (secondary N) is 1. The standard InChI is InChI=1S/C21H24N6O4S2/c1-11(2)26-10-23-25-21(26)33-9-13-8-32-19-16(18(29)27(19)17(13)20(30)31)24-15(28)7-12-5-3-4-6-14(12)22/h3-6,10-11,16,19H,7-9,22H2,1-2H3,(H,24,28)(H,30,31)/t16?,19-/m0/s1. The van der Waals surface area contributed by atoms with E-state index in [0.29, 0.717) is 33.5 Å². The Labute approximate surface area is 199 Å². The van der Waals surface area contributed by atoms with Gasteiger partial charge in [0.1, 0.15) is 23.4 Å². The SMILES string of the molecule is CC(C)n1cnnc1SCC1=C(C(=O)O)N2C(=O)C(NC(=O)Cc3ccccc3N)[C@@H]2SC1. The summed E-state index contributed by atoms with van der Waals surface area (Å²) in [5.74, 6) is -1.09. The number of amides is 2. The highest BCUT2D eigenvalue weighted by Crippen LogP contribution is 2.41. The molecular weight excluding hydrogens is 464 g/mol. The van der Waals surface area contributed by atoms with E-state index >= 15 is 0 Å². The number of nitrogens with zero attached hydrogens (tertiary/aromatic N) is 4. The number of carbonyl (C=O) groups excluding carboxylic acids is 2. The number of rotatable bonds is 8. The van der Waals surface area contributed by atoms with Crippen molar-refractivity contribution in [2.24, 2.45) is 0 Å². The van der Waals surface area contributed by atoms with Crippen molar-refractivity contribution in [3.63, 3.8) is 0 Å². The van der Waals surface area contributed by atoms with Gasteiger partial charge in [-0.1, -0.05) is 30.0 Å². The largest absolute Gasteiger partial charge is 0.477 e. The third-order valence-corrected chi connectivity index (χ3v) is 7.83. The third kappa shape index (κ3) is 4.58. The van der Waals surface area contributed by atoms with Crippen molar-refractivity contribution in [2.75, 3.05) is 17.2 Å². The highest BCUT2D eigenvalue weighted by Gasteiger charge is 2.54. The minimum Gasteiger partial charge on any atom is -0.477 e. The Morgan fingerprint density at radius 2 is 2.12 bits per heavy atom. The minimum absolute atomic E-state index is 0.00957. The van der Waals surface area contributed by atoms with Crippen LogP contribution in [0.4, 0.5) is 5.69 Å². The molecule has 4 rings (SSSR count). The number of carbonyl (C=O) groups is 3. The number of benzene rings is 1. The lowest BCUT2D eigenvalue weighted by Gasteiger charge is -2.49. The number of aliphatic carboxylic acids is 1. The lowest BCUT2D eigenvalue weighted by Crippen LogP contribution is -2.70. The van der Waals surface area contributed by atoms with E-state index in [1.165, 1.54) is 28.4 Å². The van der Waals surface area contributed by atoms with Crippen LogP contribution < -0.4 is 11.1 Å². The van der Waals surface area contributed by atoms with Crippen LogP contribution in [-0.4, -0.2) is 65.5 Å². The molecule has 2 atom stereocenters. The van der Waals surface area contributed by atoms with Crippen LogP contribution in [0.1, 0.15) is 25.5 Å².